The van der Waals surface area contributed by atoms with E-state index in [0.29, 0.717) is 16.3 Å². The zero-order chi connectivity index (χ0) is 19.7. The van der Waals surface area contributed by atoms with Crippen LogP contribution in [0.2, 0.25) is 0 Å². The van der Waals surface area contributed by atoms with Crippen molar-refractivity contribution in [3.05, 3.63) is 81.7 Å². The molecule has 140 valence electrons. The number of nitrogens with one attached hydrogen (secondary N) is 1. The lowest BCUT2D eigenvalue weighted by Gasteiger charge is -2.05. The second-order valence-electron chi connectivity index (χ2n) is 6.01. The van der Waals surface area contributed by atoms with Crippen molar-refractivity contribution in [3.63, 3.8) is 0 Å². The van der Waals surface area contributed by atoms with Gasteiger partial charge in [-0.2, -0.15) is 0 Å². The largest absolute Gasteiger partial charge is 0.320 e. The Balaban J connectivity index is 1.56. The second-order valence-corrected chi connectivity index (χ2v) is 6.85. The standard InChI is InChI=1S/C19H13FN4O3S/c20-13-7-5-12(6-8-13)16-10-23-14(11-28-19(23)22-16)9-18(25)21-15-3-1-2-4-17(15)24(26)27/h1-8,10-11H,9H2,(H,21,25). The van der Waals surface area contributed by atoms with Gasteiger partial charge in [-0.3, -0.25) is 19.3 Å². The van der Waals surface area contributed by atoms with Crippen LogP contribution < -0.4 is 5.32 Å². The average molecular weight is 396 g/mol. The van der Waals surface area contributed by atoms with Crippen molar-refractivity contribution in [3.8, 4) is 11.3 Å². The Hall–Kier alpha value is -3.59. The van der Waals surface area contributed by atoms with Gasteiger partial charge in [0.1, 0.15) is 11.5 Å². The maximum absolute atomic E-state index is 13.1. The third-order valence-electron chi connectivity index (χ3n) is 4.14. The Morgan fingerprint density at radius 3 is 2.71 bits per heavy atom. The van der Waals surface area contributed by atoms with Gasteiger partial charge < -0.3 is 5.32 Å². The van der Waals surface area contributed by atoms with Crippen molar-refractivity contribution in [1.29, 1.82) is 0 Å². The number of hydrogen-bond acceptors (Lipinski definition) is 5. The number of benzene rings is 2. The molecular weight excluding hydrogens is 383 g/mol. The Morgan fingerprint density at radius 2 is 1.96 bits per heavy atom. The van der Waals surface area contributed by atoms with Gasteiger partial charge in [-0.15, -0.1) is 11.3 Å². The Morgan fingerprint density at radius 1 is 1.21 bits per heavy atom. The molecule has 0 radical (unpaired) electrons. The topological polar surface area (TPSA) is 89.5 Å². The lowest BCUT2D eigenvalue weighted by atomic mass is 10.2. The van der Waals surface area contributed by atoms with Gasteiger partial charge in [0.05, 0.1) is 17.0 Å². The molecule has 1 amide bonds. The summed E-state index contributed by atoms with van der Waals surface area (Å²) in [6, 6.07) is 12.0. The number of carbonyl (C=O) groups is 1. The number of carbonyl (C=O) groups excluding carboxylic acids is 1. The quantitative estimate of drug-likeness (QED) is 0.402. The van der Waals surface area contributed by atoms with Crippen molar-refractivity contribution in [2.75, 3.05) is 5.32 Å². The highest BCUT2D eigenvalue weighted by atomic mass is 32.1. The van der Waals surface area contributed by atoms with E-state index in [4.69, 9.17) is 0 Å². The number of nitro groups is 1. The third kappa shape index (κ3) is 3.47. The predicted octanol–water partition coefficient (Wildman–Crippen LogP) is 4.29. The van der Waals surface area contributed by atoms with Crippen molar-refractivity contribution < 1.29 is 14.1 Å². The van der Waals surface area contributed by atoms with Crippen molar-refractivity contribution in [2.45, 2.75) is 6.42 Å². The van der Waals surface area contributed by atoms with E-state index in [1.54, 1.807) is 34.9 Å². The van der Waals surface area contributed by atoms with Gasteiger partial charge in [-0.25, -0.2) is 9.37 Å². The number of aromatic nitrogens is 2. The first-order valence-corrected chi connectivity index (χ1v) is 9.14. The van der Waals surface area contributed by atoms with Crippen LogP contribution in [0.25, 0.3) is 16.2 Å². The molecule has 9 heteroatoms. The molecule has 7 nitrogen and oxygen atoms in total. The first-order valence-electron chi connectivity index (χ1n) is 8.26. The van der Waals surface area contributed by atoms with Gasteiger partial charge in [-0.1, -0.05) is 12.1 Å². The van der Waals surface area contributed by atoms with Crippen LogP contribution in [0.5, 0.6) is 0 Å². The number of fused-ring (bicyclic) bond motifs is 1. The summed E-state index contributed by atoms with van der Waals surface area (Å²) >= 11 is 1.38. The smallest absolute Gasteiger partial charge is 0.292 e. The average Bonchev–Trinajstić information content (AvgIpc) is 3.24. The molecule has 4 rings (SSSR count). The molecule has 0 aliphatic carbocycles. The van der Waals surface area contributed by atoms with E-state index < -0.39 is 4.92 Å². The van der Waals surface area contributed by atoms with Gasteiger partial charge in [0.2, 0.25) is 5.91 Å². The fourth-order valence-corrected chi connectivity index (χ4v) is 3.69. The van der Waals surface area contributed by atoms with Crippen LogP contribution in [0.4, 0.5) is 15.8 Å². The zero-order valence-electron chi connectivity index (χ0n) is 14.3. The first kappa shape index (κ1) is 17.8. The van der Waals surface area contributed by atoms with Crippen LogP contribution in [0.15, 0.2) is 60.1 Å². The number of halogens is 1. The summed E-state index contributed by atoms with van der Waals surface area (Å²) in [6.45, 7) is 0. The minimum Gasteiger partial charge on any atom is -0.320 e. The lowest BCUT2D eigenvalue weighted by Crippen LogP contribution is -2.16. The number of thiazole rings is 1. The molecule has 1 N–H and O–H groups in total. The summed E-state index contributed by atoms with van der Waals surface area (Å²) in [5.41, 5.74) is 2.14. The number of para-hydroxylation sites is 2. The van der Waals surface area contributed by atoms with E-state index in [-0.39, 0.29) is 29.5 Å². The molecule has 0 spiro atoms. The molecule has 0 saturated carbocycles. The molecule has 2 aromatic carbocycles. The van der Waals surface area contributed by atoms with Crippen LogP contribution in [-0.4, -0.2) is 20.2 Å². The summed E-state index contributed by atoms with van der Waals surface area (Å²) in [4.78, 5) is 28.1. The van der Waals surface area contributed by atoms with Gasteiger partial charge >= 0.3 is 0 Å². The Bertz CT molecular complexity index is 1180. The van der Waals surface area contributed by atoms with Crippen LogP contribution in [0.1, 0.15) is 5.69 Å². The summed E-state index contributed by atoms with van der Waals surface area (Å²) in [5.74, 6) is -0.692. The summed E-state index contributed by atoms with van der Waals surface area (Å²) in [5, 5.41) is 15.5. The maximum Gasteiger partial charge on any atom is 0.292 e. The molecule has 4 aromatic rings. The summed E-state index contributed by atoms with van der Waals surface area (Å²) < 4.78 is 14.9. The van der Waals surface area contributed by atoms with E-state index in [1.807, 2.05) is 5.38 Å². The Kier molecular flexibility index (Phi) is 4.58. The molecule has 0 bridgehead atoms. The zero-order valence-corrected chi connectivity index (χ0v) is 15.1. The minimum absolute atomic E-state index is 0.0330. The molecule has 0 saturated heterocycles. The van der Waals surface area contributed by atoms with Crippen molar-refractivity contribution >= 4 is 33.6 Å². The fourth-order valence-electron chi connectivity index (χ4n) is 2.81. The normalized spacial score (nSPS) is 10.9. The highest BCUT2D eigenvalue weighted by Gasteiger charge is 2.17. The monoisotopic (exact) mass is 396 g/mol. The van der Waals surface area contributed by atoms with Crippen LogP contribution in [-0.2, 0) is 11.2 Å². The number of amides is 1. The van der Waals surface area contributed by atoms with E-state index in [2.05, 4.69) is 10.3 Å². The number of hydrogen-bond donors (Lipinski definition) is 1. The molecule has 0 atom stereocenters. The van der Waals surface area contributed by atoms with Crippen LogP contribution >= 0.6 is 11.3 Å². The highest BCUT2D eigenvalue weighted by molar-refractivity contribution is 7.15. The maximum atomic E-state index is 13.1. The predicted molar refractivity (Wildman–Crippen MR) is 104 cm³/mol. The van der Waals surface area contributed by atoms with Gasteiger partial charge in [0.15, 0.2) is 4.96 Å². The number of nitrogens with zero attached hydrogens (tertiary/aromatic N) is 3. The van der Waals surface area contributed by atoms with Gasteiger partial charge in [0, 0.05) is 28.9 Å². The number of anilines is 1. The minimum atomic E-state index is -0.538. The second kappa shape index (κ2) is 7.20. The Labute approximate surface area is 162 Å². The first-order chi connectivity index (χ1) is 13.5. The molecule has 2 aromatic heterocycles. The fraction of sp³-hybridized carbons (Fsp3) is 0.0526. The SMILES string of the molecule is O=C(Cc1csc2nc(-c3ccc(F)cc3)cn12)Nc1ccccc1[N+](=O)[O-]. The molecule has 2 heterocycles. The molecule has 0 fully saturated rings. The number of rotatable bonds is 5. The van der Waals surface area contributed by atoms with Crippen molar-refractivity contribution in [1.82, 2.24) is 9.38 Å². The highest BCUT2D eigenvalue weighted by Crippen LogP contribution is 2.26. The van der Waals surface area contributed by atoms with E-state index in [0.717, 1.165) is 5.56 Å². The molecule has 0 aliphatic rings. The van der Waals surface area contributed by atoms with Crippen molar-refractivity contribution in [2.24, 2.45) is 0 Å². The molecule has 28 heavy (non-hydrogen) atoms. The number of imidazole rings is 1. The summed E-state index contributed by atoms with van der Waals surface area (Å²) in [7, 11) is 0. The van der Waals surface area contributed by atoms with E-state index >= 15 is 0 Å². The van der Waals surface area contributed by atoms with E-state index in [9.17, 15) is 19.3 Å². The summed E-state index contributed by atoms with van der Waals surface area (Å²) in [6.07, 6.45) is 1.82. The van der Waals surface area contributed by atoms with Crippen LogP contribution in [0.3, 0.4) is 0 Å². The molecular formula is C19H13FN4O3S. The third-order valence-corrected chi connectivity index (χ3v) is 5.03. The van der Waals surface area contributed by atoms with E-state index in [1.165, 1.54) is 35.6 Å². The van der Waals surface area contributed by atoms with Gasteiger partial charge in [-0.05, 0) is 30.3 Å². The van der Waals surface area contributed by atoms with Gasteiger partial charge in [0.25, 0.3) is 5.69 Å². The lowest BCUT2D eigenvalue weighted by molar-refractivity contribution is -0.383. The van der Waals surface area contributed by atoms with Crippen LogP contribution in [0, 0.1) is 15.9 Å². The molecule has 0 aliphatic heterocycles. The molecule has 0 unspecified atom stereocenters. The number of nitro benzene ring substituents is 1.